The molecule has 1 aliphatic heterocycles. The highest BCUT2D eigenvalue weighted by molar-refractivity contribution is 7.78. The molecular weight excluding hydrogens is 222 g/mol. The quantitative estimate of drug-likeness (QED) is 0.594. The van der Waals surface area contributed by atoms with Gasteiger partial charge in [-0.15, -0.1) is 0 Å². The Morgan fingerprint density at radius 1 is 1.31 bits per heavy atom. The molecule has 0 amide bonds. The molecule has 2 rings (SSSR count). The third-order valence-corrected chi connectivity index (χ3v) is 2.51. The molecule has 1 aliphatic rings. The second-order valence-electron chi connectivity index (χ2n) is 3.61. The third-order valence-electron chi connectivity index (χ3n) is 2.42. The number of ether oxygens (including phenoxy) is 2. The highest BCUT2D eigenvalue weighted by atomic mass is 32.1. The van der Waals surface area contributed by atoms with Crippen LogP contribution in [0.4, 0.5) is 5.69 Å². The predicted octanol–water partition coefficient (Wildman–Crippen LogP) is 3.33. The van der Waals surface area contributed by atoms with Crippen LogP contribution >= 0.6 is 12.2 Å². The monoisotopic (exact) mass is 235 g/mol. The second-order valence-corrected chi connectivity index (χ2v) is 3.79. The van der Waals surface area contributed by atoms with Crippen LogP contribution in [0.15, 0.2) is 29.3 Å². The number of isothiocyanates is 1. The van der Waals surface area contributed by atoms with Gasteiger partial charge < -0.3 is 9.47 Å². The van der Waals surface area contributed by atoms with Crippen molar-refractivity contribution in [3.8, 4) is 5.75 Å². The Bertz CT molecular complexity index is 379. The summed E-state index contributed by atoms with van der Waals surface area (Å²) in [5.74, 6) is 0.801. The van der Waals surface area contributed by atoms with E-state index in [4.69, 9.17) is 9.47 Å². The van der Waals surface area contributed by atoms with Gasteiger partial charge in [-0.05, 0) is 49.3 Å². The molecule has 1 atom stereocenters. The first-order valence-electron chi connectivity index (χ1n) is 5.35. The lowest BCUT2D eigenvalue weighted by Crippen LogP contribution is -2.24. The number of rotatable bonds is 3. The van der Waals surface area contributed by atoms with Crippen LogP contribution in [0.2, 0.25) is 0 Å². The zero-order valence-corrected chi connectivity index (χ0v) is 9.70. The van der Waals surface area contributed by atoms with E-state index < -0.39 is 0 Å². The van der Waals surface area contributed by atoms with Gasteiger partial charge >= 0.3 is 0 Å². The first-order chi connectivity index (χ1) is 7.88. The van der Waals surface area contributed by atoms with E-state index in [0.29, 0.717) is 0 Å². The fourth-order valence-corrected chi connectivity index (χ4v) is 1.71. The maximum absolute atomic E-state index is 5.68. The summed E-state index contributed by atoms with van der Waals surface area (Å²) >= 11 is 4.53. The summed E-state index contributed by atoms with van der Waals surface area (Å²) in [6.45, 7) is 0.790. The fourth-order valence-electron chi connectivity index (χ4n) is 1.61. The molecule has 0 aromatic heterocycles. The van der Waals surface area contributed by atoms with Crippen LogP contribution in [0.1, 0.15) is 19.3 Å². The molecule has 0 N–H and O–H groups in total. The lowest BCUT2D eigenvalue weighted by Gasteiger charge is -2.23. The molecule has 4 heteroatoms. The summed E-state index contributed by atoms with van der Waals surface area (Å²) in [7, 11) is 0. The van der Waals surface area contributed by atoms with Crippen molar-refractivity contribution >= 4 is 23.1 Å². The molecule has 84 valence electrons. The van der Waals surface area contributed by atoms with Crippen molar-refractivity contribution in [2.24, 2.45) is 4.99 Å². The number of aliphatic imine (C=N–C) groups is 1. The van der Waals surface area contributed by atoms with Gasteiger partial charge in [-0.2, -0.15) is 4.99 Å². The van der Waals surface area contributed by atoms with Crippen molar-refractivity contribution in [3.05, 3.63) is 24.3 Å². The Morgan fingerprint density at radius 3 is 2.75 bits per heavy atom. The minimum absolute atomic E-state index is 0.103. The summed E-state index contributed by atoms with van der Waals surface area (Å²) in [6.07, 6.45) is 3.15. The topological polar surface area (TPSA) is 30.8 Å². The second kappa shape index (κ2) is 5.75. The van der Waals surface area contributed by atoms with E-state index in [-0.39, 0.29) is 6.29 Å². The molecule has 0 aliphatic carbocycles. The summed E-state index contributed by atoms with van der Waals surface area (Å²) in [4.78, 5) is 3.87. The molecule has 1 fully saturated rings. The van der Waals surface area contributed by atoms with E-state index in [0.717, 1.165) is 37.3 Å². The Balaban J connectivity index is 1.96. The molecule has 1 aromatic carbocycles. The van der Waals surface area contributed by atoms with E-state index in [1.165, 1.54) is 0 Å². The van der Waals surface area contributed by atoms with Crippen LogP contribution in [-0.2, 0) is 4.74 Å². The zero-order chi connectivity index (χ0) is 11.2. The first kappa shape index (κ1) is 11.3. The summed E-state index contributed by atoms with van der Waals surface area (Å²) in [5.41, 5.74) is 0.784. The van der Waals surface area contributed by atoms with Crippen LogP contribution < -0.4 is 4.74 Å². The van der Waals surface area contributed by atoms with Crippen LogP contribution in [0, 0.1) is 0 Å². The Hall–Kier alpha value is -1.22. The van der Waals surface area contributed by atoms with Gasteiger partial charge in [0.1, 0.15) is 5.75 Å². The summed E-state index contributed by atoms with van der Waals surface area (Å²) in [6, 6.07) is 7.42. The standard InChI is InChI=1S/C12H13NO2S/c16-9-13-10-4-6-11(7-5-10)15-12-3-1-2-8-14-12/h4-7,12H,1-3,8H2. The van der Waals surface area contributed by atoms with Gasteiger partial charge in [0.15, 0.2) is 6.29 Å². The lowest BCUT2D eigenvalue weighted by atomic mass is 10.2. The highest BCUT2D eigenvalue weighted by Gasteiger charge is 2.14. The molecule has 0 saturated carbocycles. The van der Waals surface area contributed by atoms with Gasteiger partial charge in [-0.25, -0.2) is 0 Å². The van der Waals surface area contributed by atoms with E-state index in [2.05, 4.69) is 22.4 Å². The molecule has 0 bridgehead atoms. The molecule has 0 spiro atoms. The first-order valence-corrected chi connectivity index (χ1v) is 5.75. The maximum atomic E-state index is 5.68. The van der Waals surface area contributed by atoms with Crippen LogP contribution in [0.5, 0.6) is 5.75 Å². The molecule has 3 nitrogen and oxygen atoms in total. The average molecular weight is 235 g/mol. The van der Waals surface area contributed by atoms with Gasteiger partial charge in [-0.3, -0.25) is 0 Å². The van der Waals surface area contributed by atoms with Crippen LogP contribution in [0.3, 0.4) is 0 Å². The van der Waals surface area contributed by atoms with Gasteiger partial charge in [0.2, 0.25) is 0 Å². The zero-order valence-electron chi connectivity index (χ0n) is 8.89. The minimum Gasteiger partial charge on any atom is -0.465 e. The van der Waals surface area contributed by atoms with E-state index >= 15 is 0 Å². The summed E-state index contributed by atoms with van der Waals surface area (Å²) in [5, 5.41) is 2.33. The van der Waals surface area contributed by atoms with Gasteiger partial charge in [0.05, 0.1) is 17.5 Å². The van der Waals surface area contributed by atoms with Crippen molar-refractivity contribution in [1.29, 1.82) is 0 Å². The van der Waals surface area contributed by atoms with Gasteiger partial charge in [-0.1, -0.05) is 0 Å². The van der Waals surface area contributed by atoms with Crippen molar-refractivity contribution in [1.82, 2.24) is 0 Å². The lowest BCUT2D eigenvalue weighted by molar-refractivity contribution is -0.105. The van der Waals surface area contributed by atoms with Crippen molar-refractivity contribution in [3.63, 3.8) is 0 Å². The van der Waals surface area contributed by atoms with Crippen molar-refractivity contribution in [2.45, 2.75) is 25.6 Å². The molecule has 1 unspecified atom stereocenters. The third kappa shape index (κ3) is 3.14. The largest absolute Gasteiger partial charge is 0.465 e. The Kier molecular flexibility index (Phi) is 4.05. The Morgan fingerprint density at radius 2 is 2.12 bits per heavy atom. The predicted molar refractivity (Wildman–Crippen MR) is 65.3 cm³/mol. The van der Waals surface area contributed by atoms with E-state index in [1.807, 2.05) is 24.3 Å². The summed E-state index contributed by atoms with van der Waals surface area (Å²) < 4.78 is 11.2. The molecular formula is C12H13NO2S. The molecule has 1 saturated heterocycles. The van der Waals surface area contributed by atoms with Crippen LogP contribution in [-0.4, -0.2) is 18.1 Å². The number of hydrogen-bond acceptors (Lipinski definition) is 4. The smallest absolute Gasteiger partial charge is 0.199 e. The highest BCUT2D eigenvalue weighted by Crippen LogP contribution is 2.21. The fraction of sp³-hybridized carbons (Fsp3) is 0.417. The average Bonchev–Trinajstić information content (AvgIpc) is 2.33. The van der Waals surface area contributed by atoms with Crippen molar-refractivity contribution in [2.75, 3.05) is 6.61 Å². The molecule has 0 radical (unpaired) electrons. The maximum Gasteiger partial charge on any atom is 0.199 e. The molecule has 1 heterocycles. The van der Waals surface area contributed by atoms with E-state index in [1.54, 1.807) is 0 Å². The van der Waals surface area contributed by atoms with Gasteiger partial charge in [0.25, 0.3) is 0 Å². The number of benzene rings is 1. The molecule has 1 aromatic rings. The number of thiocarbonyl (C=S) groups is 1. The van der Waals surface area contributed by atoms with Crippen molar-refractivity contribution < 1.29 is 9.47 Å². The minimum atomic E-state index is -0.103. The Labute approximate surface area is 100 Å². The number of nitrogens with zero attached hydrogens (tertiary/aromatic N) is 1. The molecule has 16 heavy (non-hydrogen) atoms. The van der Waals surface area contributed by atoms with Crippen LogP contribution in [0.25, 0.3) is 0 Å². The van der Waals surface area contributed by atoms with Gasteiger partial charge in [0, 0.05) is 6.42 Å². The normalized spacial score (nSPS) is 19.9. The number of hydrogen-bond donors (Lipinski definition) is 0. The SMILES string of the molecule is S=C=Nc1ccc(OC2CCCCO2)cc1. The van der Waals surface area contributed by atoms with E-state index in [9.17, 15) is 0 Å².